The Balaban J connectivity index is 1.41. The number of hydrogen-bond acceptors (Lipinski definition) is 4. The molecule has 1 N–H and O–H groups in total. The molecule has 0 spiro atoms. The van der Waals surface area contributed by atoms with E-state index in [0.29, 0.717) is 6.04 Å². The number of benzene rings is 2. The minimum atomic E-state index is -0.189. The van der Waals surface area contributed by atoms with Gasteiger partial charge in [-0.2, -0.15) is 5.10 Å². The number of halogens is 1. The minimum Gasteiger partial charge on any atom is -0.454 e. The van der Waals surface area contributed by atoms with Crippen molar-refractivity contribution in [1.82, 2.24) is 15.1 Å². The summed E-state index contributed by atoms with van der Waals surface area (Å²) < 4.78 is 24.3. The Kier molecular flexibility index (Phi) is 4.49. The van der Waals surface area contributed by atoms with Crippen molar-refractivity contribution in [3.05, 3.63) is 65.6 Å². The average molecular weight is 379 g/mol. The number of ether oxygens (including phenoxy) is 2. The highest BCUT2D eigenvalue weighted by Crippen LogP contribution is 2.37. The van der Waals surface area contributed by atoms with Crippen LogP contribution in [0.25, 0.3) is 11.3 Å². The van der Waals surface area contributed by atoms with Crippen LogP contribution in [0, 0.1) is 5.82 Å². The van der Waals surface area contributed by atoms with Gasteiger partial charge in [0.15, 0.2) is 11.5 Å². The van der Waals surface area contributed by atoms with Crippen molar-refractivity contribution in [2.45, 2.75) is 31.8 Å². The van der Waals surface area contributed by atoms with Gasteiger partial charge in [-0.3, -0.25) is 10.00 Å². The number of fused-ring (bicyclic) bond motifs is 1. The van der Waals surface area contributed by atoms with Crippen molar-refractivity contribution in [1.29, 1.82) is 0 Å². The monoisotopic (exact) mass is 379 g/mol. The maximum Gasteiger partial charge on any atom is 0.231 e. The molecule has 0 amide bonds. The second kappa shape index (κ2) is 7.28. The maximum absolute atomic E-state index is 13.3. The molecule has 144 valence electrons. The summed E-state index contributed by atoms with van der Waals surface area (Å²) in [6.45, 7) is 2.08. The first-order valence-corrected chi connectivity index (χ1v) is 9.70. The third-order valence-corrected chi connectivity index (χ3v) is 5.62. The van der Waals surface area contributed by atoms with Crippen molar-refractivity contribution in [2.24, 2.45) is 0 Å². The van der Waals surface area contributed by atoms with Crippen LogP contribution >= 0.6 is 0 Å². The van der Waals surface area contributed by atoms with Crippen LogP contribution in [-0.4, -0.2) is 28.4 Å². The minimum absolute atomic E-state index is 0.189. The van der Waals surface area contributed by atoms with E-state index in [4.69, 9.17) is 9.47 Å². The lowest BCUT2D eigenvalue weighted by Crippen LogP contribution is -2.33. The number of likely N-dealkylation sites (tertiary alicyclic amines) is 1. The second-order valence-corrected chi connectivity index (χ2v) is 7.37. The molecule has 0 bridgehead atoms. The highest BCUT2D eigenvalue weighted by Gasteiger charge is 2.25. The van der Waals surface area contributed by atoms with Gasteiger partial charge in [0.05, 0.1) is 11.9 Å². The lowest BCUT2D eigenvalue weighted by atomic mass is 9.94. The number of rotatable bonds is 4. The van der Waals surface area contributed by atoms with E-state index in [2.05, 4.69) is 15.1 Å². The van der Waals surface area contributed by atoms with E-state index in [1.165, 1.54) is 18.4 Å². The van der Waals surface area contributed by atoms with Gasteiger partial charge in [0.25, 0.3) is 0 Å². The number of aromatic nitrogens is 2. The molecule has 0 radical (unpaired) electrons. The largest absolute Gasteiger partial charge is 0.454 e. The Morgan fingerprint density at radius 3 is 2.82 bits per heavy atom. The summed E-state index contributed by atoms with van der Waals surface area (Å²) in [5, 5.41) is 7.44. The Hall–Kier alpha value is -2.86. The fourth-order valence-corrected chi connectivity index (χ4v) is 4.19. The zero-order valence-corrected chi connectivity index (χ0v) is 15.5. The van der Waals surface area contributed by atoms with Crippen LogP contribution in [-0.2, 0) is 6.54 Å². The standard InChI is InChI=1S/C22H22FN3O2/c23-18-7-4-15(5-8-18)19-3-1-2-10-26(19)13-17-12-24-25-22(17)16-6-9-20-21(11-16)28-14-27-20/h4-9,11-12,19H,1-3,10,13-14H2,(H,24,25)/t19-/m1/s1. The van der Waals surface area contributed by atoms with Gasteiger partial charge < -0.3 is 9.47 Å². The van der Waals surface area contributed by atoms with Gasteiger partial charge in [0.1, 0.15) is 5.82 Å². The van der Waals surface area contributed by atoms with Gasteiger partial charge in [-0.15, -0.1) is 0 Å². The molecule has 1 atom stereocenters. The normalized spacial score (nSPS) is 19.1. The van der Waals surface area contributed by atoms with Crippen LogP contribution in [0.15, 0.2) is 48.7 Å². The highest BCUT2D eigenvalue weighted by atomic mass is 19.1. The number of H-pyrrole nitrogens is 1. The quantitative estimate of drug-likeness (QED) is 0.716. The Labute approximate surface area is 163 Å². The Morgan fingerprint density at radius 2 is 1.93 bits per heavy atom. The first-order chi connectivity index (χ1) is 13.8. The number of nitrogens with one attached hydrogen (secondary N) is 1. The fourth-order valence-electron chi connectivity index (χ4n) is 4.19. The molecule has 0 aliphatic carbocycles. The van der Waals surface area contributed by atoms with Crippen LogP contribution in [0.3, 0.4) is 0 Å². The van der Waals surface area contributed by atoms with Gasteiger partial charge in [-0.05, 0) is 55.3 Å². The molecule has 2 aliphatic heterocycles. The summed E-state index contributed by atoms with van der Waals surface area (Å²) in [6.07, 6.45) is 5.35. The highest BCUT2D eigenvalue weighted by molar-refractivity contribution is 5.67. The first-order valence-electron chi connectivity index (χ1n) is 9.70. The lowest BCUT2D eigenvalue weighted by molar-refractivity contribution is 0.140. The van der Waals surface area contributed by atoms with Gasteiger partial charge in [-0.25, -0.2) is 4.39 Å². The molecule has 6 heteroatoms. The molecule has 2 aliphatic rings. The van der Waals surface area contributed by atoms with Crippen molar-refractivity contribution in [3.8, 4) is 22.8 Å². The Bertz CT molecular complexity index is 970. The van der Waals surface area contributed by atoms with E-state index in [0.717, 1.165) is 47.8 Å². The summed E-state index contributed by atoms with van der Waals surface area (Å²) in [7, 11) is 0. The van der Waals surface area contributed by atoms with E-state index in [1.807, 2.05) is 36.5 Å². The van der Waals surface area contributed by atoms with E-state index < -0.39 is 0 Å². The lowest BCUT2D eigenvalue weighted by Gasteiger charge is -2.36. The van der Waals surface area contributed by atoms with E-state index in [-0.39, 0.29) is 12.6 Å². The van der Waals surface area contributed by atoms with Crippen LogP contribution in [0.5, 0.6) is 11.5 Å². The third-order valence-electron chi connectivity index (χ3n) is 5.62. The molecule has 5 nitrogen and oxygen atoms in total. The van der Waals surface area contributed by atoms with E-state index in [9.17, 15) is 4.39 Å². The molecule has 1 aromatic heterocycles. The van der Waals surface area contributed by atoms with Crippen LogP contribution in [0.2, 0.25) is 0 Å². The SMILES string of the molecule is Fc1ccc([C@H]2CCCCN2Cc2cn[nH]c2-c2ccc3c(c2)OCO3)cc1. The maximum atomic E-state index is 13.3. The van der Waals surface area contributed by atoms with Crippen LogP contribution < -0.4 is 9.47 Å². The number of piperidine rings is 1. The molecule has 3 heterocycles. The zero-order valence-electron chi connectivity index (χ0n) is 15.5. The third kappa shape index (κ3) is 3.24. The topological polar surface area (TPSA) is 50.4 Å². The summed E-state index contributed by atoms with van der Waals surface area (Å²) in [4.78, 5) is 2.47. The average Bonchev–Trinajstić information content (AvgIpc) is 3.38. The predicted molar refractivity (Wildman–Crippen MR) is 104 cm³/mol. The Morgan fingerprint density at radius 1 is 1.07 bits per heavy atom. The number of aromatic amines is 1. The molecule has 5 rings (SSSR count). The summed E-state index contributed by atoms with van der Waals surface area (Å²) in [5.41, 5.74) is 4.36. The molecule has 28 heavy (non-hydrogen) atoms. The van der Waals surface area contributed by atoms with Crippen LogP contribution in [0.1, 0.15) is 36.4 Å². The molecule has 2 aromatic carbocycles. The molecule has 1 saturated heterocycles. The van der Waals surface area contributed by atoms with Crippen molar-refractivity contribution < 1.29 is 13.9 Å². The van der Waals surface area contributed by atoms with Crippen LogP contribution in [0.4, 0.5) is 4.39 Å². The van der Waals surface area contributed by atoms with E-state index in [1.54, 1.807) is 12.1 Å². The van der Waals surface area contributed by atoms with Gasteiger partial charge >= 0.3 is 0 Å². The second-order valence-electron chi connectivity index (χ2n) is 7.37. The number of hydrogen-bond donors (Lipinski definition) is 1. The number of nitrogens with zero attached hydrogens (tertiary/aromatic N) is 2. The molecule has 0 unspecified atom stereocenters. The molecule has 1 fully saturated rings. The van der Waals surface area contributed by atoms with Gasteiger partial charge in [0, 0.05) is 23.7 Å². The molecule has 3 aromatic rings. The molecular formula is C22H22FN3O2. The summed E-state index contributed by atoms with van der Waals surface area (Å²) in [5.74, 6) is 1.35. The summed E-state index contributed by atoms with van der Waals surface area (Å²) in [6, 6.07) is 13.2. The first kappa shape index (κ1) is 17.3. The summed E-state index contributed by atoms with van der Waals surface area (Å²) >= 11 is 0. The van der Waals surface area contributed by atoms with Crippen molar-refractivity contribution >= 4 is 0 Å². The van der Waals surface area contributed by atoms with E-state index >= 15 is 0 Å². The van der Waals surface area contributed by atoms with Gasteiger partial charge in [0.2, 0.25) is 6.79 Å². The van der Waals surface area contributed by atoms with Crippen molar-refractivity contribution in [2.75, 3.05) is 13.3 Å². The zero-order chi connectivity index (χ0) is 18.9. The van der Waals surface area contributed by atoms with Crippen molar-refractivity contribution in [3.63, 3.8) is 0 Å². The molecule has 0 saturated carbocycles. The molecular weight excluding hydrogens is 357 g/mol. The smallest absolute Gasteiger partial charge is 0.231 e. The predicted octanol–water partition coefficient (Wildman–Crippen LogP) is 4.67. The fraction of sp³-hybridized carbons (Fsp3) is 0.318. The van der Waals surface area contributed by atoms with Gasteiger partial charge in [-0.1, -0.05) is 18.6 Å².